The summed E-state index contributed by atoms with van der Waals surface area (Å²) in [7, 11) is 3.40. The molecular weight excluding hydrogens is 282 g/mol. The molecule has 0 atom stereocenters. The van der Waals surface area contributed by atoms with E-state index in [-0.39, 0.29) is 0 Å². The van der Waals surface area contributed by atoms with Crippen molar-refractivity contribution in [2.45, 2.75) is 24.2 Å². The Bertz CT molecular complexity index is 506. The molecule has 114 valence electrons. The van der Waals surface area contributed by atoms with Gasteiger partial charge in [0.2, 0.25) is 0 Å². The molecule has 1 N–H and O–H groups in total. The second-order valence-corrected chi connectivity index (χ2v) is 6.22. The Morgan fingerprint density at radius 3 is 2.67 bits per heavy atom. The van der Waals surface area contributed by atoms with E-state index in [1.807, 2.05) is 6.07 Å². The molecule has 0 saturated heterocycles. The third-order valence-electron chi connectivity index (χ3n) is 3.58. The van der Waals surface area contributed by atoms with Crippen molar-refractivity contribution < 1.29 is 9.47 Å². The van der Waals surface area contributed by atoms with Gasteiger partial charge in [0.05, 0.1) is 24.9 Å². The minimum absolute atomic E-state index is 0.627. The molecule has 4 heteroatoms. The second kappa shape index (κ2) is 8.21. The molecule has 1 aliphatic rings. The molecule has 0 heterocycles. The van der Waals surface area contributed by atoms with E-state index in [0.29, 0.717) is 5.75 Å². The third-order valence-corrected chi connectivity index (χ3v) is 4.52. The SMILES string of the molecule is C#CCSc1cc(OC)c(CCNCC2CC2)cc1OC. The minimum atomic E-state index is 0.627. The molecule has 1 saturated carbocycles. The van der Waals surface area contributed by atoms with E-state index in [0.717, 1.165) is 41.8 Å². The normalized spacial score (nSPS) is 13.8. The molecular formula is C17H23NO2S. The van der Waals surface area contributed by atoms with Gasteiger partial charge in [-0.15, -0.1) is 18.2 Å². The van der Waals surface area contributed by atoms with Crippen molar-refractivity contribution in [2.24, 2.45) is 5.92 Å². The lowest BCUT2D eigenvalue weighted by molar-refractivity contribution is 0.390. The van der Waals surface area contributed by atoms with Crippen LogP contribution in [0.25, 0.3) is 0 Å². The highest BCUT2D eigenvalue weighted by Crippen LogP contribution is 2.35. The average molecular weight is 305 g/mol. The predicted molar refractivity (Wildman–Crippen MR) is 88.4 cm³/mol. The highest BCUT2D eigenvalue weighted by molar-refractivity contribution is 7.99. The first-order valence-electron chi connectivity index (χ1n) is 7.30. The summed E-state index contributed by atoms with van der Waals surface area (Å²) < 4.78 is 11.0. The fraction of sp³-hybridized carbons (Fsp3) is 0.529. The Kier molecular flexibility index (Phi) is 6.28. The Morgan fingerprint density at radius 2 is 2.05 bits per heavy atom. The van der Waals surface area contributed by atoms with Crippen LogP contribution in [0.1, 0.15) is 18.4 Å². The fourth-order valence-electron chi connectivity index (χ4n) is 2.21. The van der Waals surface area contributed by atoms with Gasteiger partial charge >= 0.3 is 0 Å². The van der Waals surface area contributed by atoms with Gasteiger partial charge < -0.3 is 14.8 Å². The van der Waals surface area contributed by atoms with E-state index in [1.165, 1.54) is 18.4 Å². The predicted octanol–water partition coefficient (Wildman–Crippen LogP) is 2.97. The van der Waals surface area contributed by atoms with Crippen LogP contribution in [0.15, 0.2) is 17.0 Å². The quantitative estimate of drug-likeness (QED) is 0.432. The van der Waals surface area contributed by atoms with Crippen LogP contribution in [0.4, 0.5) is 0 Å². The van der Waals surface area contributed by atoms with Gasteiger partial charge in [0.1, 0.15) is 11.5 Å². The summed E-state index contributed by atoms with van der Waals surface area (Å²) >= 11 is 1.59. The lowest BCUT2D eigenvalue weighted by Crippen LogP contribution is -2.20. The summed E-state index contributed by atoms with van der Waals surface area (Å²) in [4.78, 5) is 1.03. The Labute approximate surface area is 131 Å². The number of ether oxygens (including phenoxy) is 2. The lowest BCUT2D eigenvalue weighted by atomic mass is 10.1. The summed E-state index contributed by atoms with van der Waals surface area (Å²) in [5, 5.41) is 3.51. The summed E-state index contributed by atoms with van der Waals surface area (Å²) in [5.41, 5.74) is 1.17. The minimum Gasteiger partial charge on any atom is -0.496 e. The average Bonchev–Trinajstić information content (AvgIpc) is 3.33. The van der Waals surface area contributed by atoms with Crippen LogP contribution in [0.2, 0.25) is 0 Å². The topological polar surface area (TPSA) is 30.5 Å². The van der Waals surface area contributed by atoms with E-state index >= 15 is 0 Å². The van der Waals surface area contributed by atoms with Gasteiger partial charge in [-0.2, -0.15) is 0 Å². The number of hydrogen-bond donors (Lipinski definition) is 1. The highest BCUT2D eigenvalue weighted by atomic mass is 32.2. The molecule has 0 unspecified atom stereocenters. The van der Waals surface area contributed by atoms with Gasteiger partial charge in [0.15, 0.2) is 0 Å². The molecule has 0 spiro atoms. The molecule has 0 bridgehead atoms. The number of hydrogen-bond acceptors (Lipinski definition) is 4. The van der Waals surface area contributed by atoms with Gasteiger partial charge in [-0.25, -0.2) is 0 Å². The zero-order valence-corrected chi connectivity index (χ0v) is 13.6. The first-order chi connectivity index (χ1) is 10.3. The smallest absolute Gasteiger partial charge is 0.132 e. The van der Waals surface area contributed by atoms with E-state index in [2.05, 4.69) is 17.3 Å². The number of methoxy groups -OCH3 is 2. The first kappa shape index (κ1) is 16.1. The van der Waals surface area contributed by atoms with E-state index < -0.39 is 0 Å². The first-order valence-corrected chi connectivity index (χ1v) is 8.29. The zero-order chi connectivity index (χ0) is 15.1. The maximum Gasteiger partial charge on any atom is 0.132 e. The number of nitrogens with one attached hydrogen (secondary N) is 1. The van der Waals surface area contributed by atoms with Gasteiger partial charge in [0.25, 0.3) is 0 Å². The van der Waals surface area contributed by atoms with Crippen molar-refractivity contribution in [2.75, 3.05) is 33.1 Å². The van der Waals surface area contributed by atoms with Crippen LogP contribution < -0.4 is 14.8 Å². The third kappa shape index (κ3) is 4.87. The Balaban J connectivity index is 2.01. The molecule has 0 amide bonds. The zero-order valence-electron chi connectivity index (χ0n) is 12.8. The number of rotatable bonds is 9. The lowest BCUT2D eigenvalue weighted by Gasteiger charge is -2.14. The standard InChI is InChI=1S/C17H23NO2S/c1-4-9-21-17-11-15(19-2)14(10-16(17)20-3)7-8-18-12-13-5-6-13/h1,10-11,13,18H,5-9,12H2,2-3H3. The summed E-state index contributed by atoms with van der Waals surface area (Å²) in [6, 6.07) is 4.09. The maximum absolute atomic E-state index is 5.51. The molecule has 2 rings (SSSR count). The molecule has 3 nitrogen and oxygen atoms in total. The van der Waals surface area contributed by atoms with Crippen molar-refractivity contribution in [3.8, 4) is 23.8 Å². The summed E-state index contributed by atoms with van der Waals surface area (Å²) in [6.07, 6.45) is 9.02. The van der Waals surface area contributed by atoms with Crippen molar-refractivity contribution in [3.63, 3.8) is 0 Å². The van der Waals surface area contributed by atoms with Crippen LogP contribution in [0, 0.1) is 18.3 Å². The van der Waals surface area contributed by atoms with E-state index in [4.69, 9.17) is 15.9 Å². The van der Waals surface area contributed by atoms with Crippen LogP contribution in [0.3, 0.4) is 0 Å². The number of benzene rings is 1. The van der Waals surface area contributed by atoms with Crippen LogP contribution in [-0.2, 0) is 6.42 Å². The Morgan fingerprint density at radius 1 is 1.29 bits per heavy atom. The molecule has 1 aromatic rings. The van der Waals surface area contributed by atoms with Crippen molar-refractivity contribution in [1.82, 2.24) is 5.32 Å². The number of terminal acetylenes is 1. The fourth-order valence-corrected chi connectivity index (χ4v) is 2.93. The van der Waals surface area contributed by atoms with Crippen molar-refractivity contribution in [1.29, 1.82) is 0 Å². The maximum atomic E-state index is 5.51. The van der Waals surface area contributed by atoms with Crippen molar-refractivity contribution in [3.05, 3.63) is 17.7 Å². The molecule has 21 heavy (non-hydrogen) atoms. The number of thioether (sulfide) groups is 1. The summed E-state index contributed by atoms with van der Waals surface area (Å²) in [6.45, 7) is 2.10. The van der Waals surface area contributed by atoms with E-state index in [9.17, 15) is 0 Å². The molecule has 1 aliphatic carbocycles. The molecule has 0 aliphatic heterocycles. The monoisotopic (exact) mass is 305 g/mol. The van der Waals surface area contributed by atoms with E-state index in [1.54, 1.807) is 26.0 Å². The summed E-state index contributed by atoms with van der Waals surface area (Å²) in [5.74, 6) is 5.94. The van der Waals surface area contributed by atoms with Gasteiger partial charge in [-0.05, 0) is 56.0 Å². The van der Waals surface area contributed by atoms with Crippen LogP contribution in [0.5, 0.6) is 11.5 Å². The van der Waals surface area contributed by atoms with Gasteiger partial charge in [-0.1, -0.05) is 5.92 Å². The van der Waals surface area contributed by atoms with Crippen LogP contribution >= 0.6 is 11.8 Å². The van der Waals surface area contributed by atoms with Gasteiger partial charge in [-0.3, -0.25) is 0 Å². The largest absolute Gasteiger partial charge is 0.496 e. The van der Waals surface area contributed by atoms with Crippen LogP contribution in [-0.4, -0.2) is 33.1 Å². The second-order valence-electron chi connectivity index (χ2n) is 5.21. The molecule has 0 aromatic heterocycles. The molecule has 0 radical (unpaired) electrons. The molecule has 1 fully saturated rings. The van der Waals surface area contributed by atoms with Gasteiger partial charge in [0, 0.05) is 0 Å². The van der Waals surface area contributed by atoms with Crippen molar-refractivity contribution >= 4 is 11.8 Å². The molecule has 1 aromatic carbocycles. The Hall–Kier alpha value is -1.31. The highest BCUT2D eigenvalue weighted by Gasteiger charge is 2.20.